The summed E-state index contributed by atoms with van der Waals surface area (Å²) in [6.07, 6.45) is 1.36. The molecule has 1 aliphatic rings. The van der Waals surface area contributed by atoms with Gasteiger partial charge in [-0.15, -0.1) is 0 Å². The fraction of sp³-hybridized carbons (Fsp3) is 0.533. The Morgan fingerprint density at radius 3 is 2.90 bits per heavy atom. The van der Waals surface area contributed by atoms with Crippen molar-refractivity contribution in [3.63, 3.8) is 0 Å². The number of aliphatic hydroxyl groups excluding tert-OH is 1. The zero-order valence-corrected chi connectivity index (χ0v) is 11.4. The fourth-order valence-corrected chi connectivity index (χ4v) is 2.33. The molecule has 0 saturated heterocycles. The molecule has 3 nitrogen and oxygen atoms in total. The molecule has 3 unspecified atom stereocenters. The van der Waals surface area contributed by atoms with Crippen LogP contribution in [0.3, 0.4) is 0 Å². The highest BCUT2D eigenvalue weighted by Crippen LogP contribution is 2.48. The Kier molecular flexibility index (Phi) is 4.70. The van der Waals surface area contributed by atoms with Crippen molar-refractivity contribution in [1.29, 1.82) is 0 Å². The van der Waals surface area contributed by atoms with Gasteiger partial charge in [-0.25, -0.2) is 8.78 Å². The van der Waals surface area contributed by atoms with Crippen LogP contribution in [-0.2, 0) is 4.79 Å². The van der Waals surface area contributed by atoms with Gasteiger partial charge in [-0.05, 0) is 36.8 Å². The second-order valence-corrected chi connectivity index (χ2v) is 5.26. The molecule has 0 bridgehead atoms. The van der Waals surface area contributed by atoms with E-state index in [1.54, 1.807) is 0 Å². The van der Waals surface area contributed by atoms with Crippen LogP contribution in [-0.4, -0.2) is 23.7 Å². The standard InChI is InChI=1S/C15H19F2NO2/c1-2-10(19)5-6-18-15(20)13-8-12(13)11-4-3-9(16)7-14(11)17/h3-4,7,10,12-13,19H,2,5-6,8H2,1H3,(H,18,20). The van der Waals surface area contributed by atoms with E-state index in [4.69, 9.17) is 0 Å². The second kappa shape index (κ2) is 6.31. The number of carbonyl (C=O) groups excluding carboxylic acids is 1. The highest BCUT2D eigenvalue weighted by atomic mass is 19.1. The van der Waals surface area contributed by atoms with E-state index in [-0.39, 0.29) is 17.7 Å². The van der Waals surface area contributed by atoms with E-state index in [1.807, 2.05) is 6.92 Å². The van der Waals surface area contributed by atoms with E-state index in [9.17, 15) is 18.7 Å². The lowest BCUT2D eigenvalue weighted by Crippen LogP contribution is -2.28. The first kappa shape index (κ1) is 14.9. The van der Waals surface area contributed by atoms with Crippen LogP contribution in [0.15, 0.2) is 18.2 Å². The van der Waals surface area contributed by atoms with Crippen LogP contribution >= 0.6 is 0 Å². The van der Waals surface area contributed by atoms with Crippen LogP contribution in [0.5, 0.6) is 0 Å². The minimum Gasteiger partial charge on any atom is -0.393 e. The third-order valence-electron chi connectivity index (χ3n) is 3.74. The lowest BCUT2D eigenvalue weighted by atomic mass is 10.1. The van der Waals surface area contributed by atoms with Crippen molar-refractivity contribution in [2.24, 2.45) is 5.92 Å². The Balaban J connectivity index is 1.83. The summed E-state index contributed by atoms with van der Waals surface area (Å²) in [4.78, 5) is 11.8. The Hall–Kier alpha value is -1.49. The molecular weight excluding hydrogens is 264 g/mol. The molecule has 0 spiro atoms. The van der Waals surface area contributed by atoms with Crippen molar-refractivity contribution in [2.75, 3.05) is 6.54 Å². The molecule has 1 aliphatic carbocycles. The molecular formula is C15H19F2NO2. The van der Waals surface area contributed by atoms with Gasteiger partial charge in [0.1, 0.15) is 11.6 Å². The molecule has 1 saturated carbocycles. The summed E-state index contributed by atoms with van der Waals surface area (Å²) in [6, 6.07) is 3.47. The summed E-state index contributed by atoms with van der Waals surface area (Å²) in [5.74, 6) is -1.73. The van der Waals surface area contributed by atoms with Gasteiger partial charge in [0.25, 0.3) is 0 Å². The number of halogens is 2. The van der Waals surface area contributed by atoms with Crippen LogP contribution in [0.2, 0.25) is 0 Å². The quantitative estimate of drug-likeness (QED) is 0.842. The van der Waals surface area contributed by atoms with E-state index in [0.717, 1.165) is 6.07 Å². The monoisotopic (exact) mass is 283 g/mol. The highest BCUT2D eigenvalue weighted by molar-refractivity contribution is 5.82. The summed E-state index contributed by atoms with van der Waals surface area (Å²) in [6.45, 7) is 2.30. The third kappa shape index (κ3) is 3.54. The molecule has 0 heterocycles. The number of hydrogen-bond donors (Lipinski definition) is 2. The summed E-state index contributed by atoms with van der Waals surface area (Å²) >= 11 is 0. The van der Waals surface area contributed by atoms with Crippen LogP contribution < -0.4 is 5.32 Å². The number of rotatable bonds is 6. The maximum absolute atomic E-state index is 13.6. The van der Waals surface area contributed by atoms with E-state index >= 15 is 0 Å². The molecule has 2 rings (SSSR count). The molecule has 20 heavy (non-hydrogen) atoms. The Bertz CT molecular complexity index is 493. The van der Waals surface area contributed by atoms with Crippen molar-refractivity contribution in [1.82, 2.24) is 5.32 Å². The number of amides is 1. The van der Waals surface area contributed by atoms with Crippen LogP contribution in [0.4, 0.5) is 8.78 Å². The topological polar surface area (TPSA) is 49.3 Å². The fourth-order valence-electron chi connectivity index (χ4n) is 2.33. The van der Waals surface area contributed by atoms with Gasteiger partial charge in [-0.1, -0.05) is 13.0 Å². The van der Waals surface area contributed by atoms with Gasteiger partial charge in [0.05, 0.1) is 6.10 Å². The molecule has 5 heteroatoms. The molecule has 2 N–H and O–H groups in total. The minimum atomic E-state index is -0.610. The molecule has 3 atom stereocenters. The van der Waals surface area contributed by atoms with Gasteiger partial charge in [0, 0.05) is 18.5 Å². The van der Waals surface area contributed by atoms with E-state index < -0.39 is 17.7 Å². The number of benzene rings is 1. The SMILES string of the molecule is CCC(O)CCNC(=O)C1CC1c1ccc(F)cc1F. The molecule has 0 radical (unpaired) electrons. The molecule has 110 valence electrons. The molecule has 1 aromatic carbocycles. The maximum atomic E-state index is 13.6. The largest absolute Gasteiger partial charge is 0.393 e. The Labute approximate surface area is 117 Å². The van der Waals surface area contributed by atoms with Crippen molar-refractivity contribution >= 4 is 5.91 Å². The van der Waals surface area contributed by atoms with Crippen molar-refractivity contribution < 1.29 is 18.7 Å². The normalized spacial score (nSPS) is 22.4. The van der Waals surface area contributed by atoms with E-state index in [1.165, 1.54) is 12.1 Å². The Morgan fingerprint density at radius 1 is 1.50 bits per heavy atom. The van der Waals surface area contributed by atoms with Gasteiger partial charge in [0.15, 0.2) is 0 Å². The van der Waals surface area contributed by atoms with E-state index in [2.05, 4.69) is 5.32 Å². The summed E-state index contributed by atoms with van der Waals surface area (Å²) in [7, 11) is 0. The minimum absolute atomic E-state index is 0.123. The smallest absolute Gasteiger partial charge is 0.223 e. The molecule has 0 aromatic heterocycles. The summed E-state index contributed by atoms with van der Waals surface area (Å²) in [5.41, 5.74) is 0.403. The first-order valence-electron chi connectivity index (χ1n) is 6.93. The first-order chi connectivity index (χ1) is 9.52. The van der Waals surface area contributed by atoms with Crippen LogP contribution in [0.1, 0.15) is 37.7 Å². The van der Waals surface area contributed by atoms with Crippen molar-refractivity contribution in [3.05, 3.63) is 35.4 Å². The van der Waals surface area contributed by atoms with Gasteiger partial charge in [-0.3, -0.25) is 4.79 Å². The van der Waals surface area contributed by atoms with Gasteiger partial charge in [0.2, 0.25) is 5.91 Å². The second-order valence-electron chi connectivity index (χ2n) is 5.26. The zero-order valence-electron chi connectivity index (χ0n) is 11.4. The van der Waals surface area contributed by atoms with Crippen LogP contribution in [0, 0.1) is 17.6 Å². The first-order valence-corrected chi connectivity index (χ1v) is 6.93. The lowest BCUT2D eigenvalue weighted by molar-refractivity contribution is -0.122. The van der Waals surface area contributed by atoms with Gasteiger partial charge >= 0.3 is 0 Å². The number of nitrogens with one attached hydrogen (secondary N) is 1. The average Bonchev–Trinajstić information content (AvgIpc) is 3.18. The van der Waals surface area contributed by atoms with Gasteiger partial charge in [-0.2, -0.15) is 0 Å². The predicted octanol–water partition coefficient (Wildman–Crippen LogP) is 2.35. The maximum Gasteiger partial charge on any atom is 0.223 e. The average molecular weight is 283 g/mol. The highest BCUT2D eigenvalue weighted by Gasteiger charge is 2.45. The Morgan fingerprint density at radius 2 is 2.25 bits per heavy atom. The summed E-state index contributed by atoms with van der Waals surface area (Å²) < 4.78 is 26.4. The predicted molar refractivity (Wildman–Crippen MR) is 71.1 cm³/mol. The number of carbonyl (C=O) groups is 1. The van der Waals surface area contributed by atoms with Crippen molar-refractivity contribution in [2.45, 2.75) is 38.2 Å². The molecule has 1 fully saturated rings. The number of hydrogen-bond acceptors (Lipinski definition) is 2. The molecule has 1 amide bonds. The molecule has 0 aliphatic heterocycles. The van der Waals surface area contributed by atoms with E-state index in [0.29, 0.717) is 31.4 Å². The van der Waals surface area contributed by atoms with Crippen LogP contribution in [0.25, 0.3) is 0 Å². The molecule has 1 aromatic rings. The number of aliphatic hydroxyl groups is 1. The zero-order chi connectivity index (χ0) is 14.7. The van der Waals surface area contributed by atoms with Crippen molar-refractivity contribution in [3.8, 4) is 0 Å². The lowest BCUT2D eigenvalue weighted by Gasteiger charge is -2.09. The third-order valence-corrected chi connectivity index (χ3v) is 3.74. The summed E-state index contributed by atoms with van der Waals surface area (Å²) in [5, 5.41) is 12.1. The van der Waals surface area contributed by atoms with Gasteiger partial charge < -0.3 is 10.4 Å².